The first-order valence-electron chi connectivity index (χ1n) is 5.00. The third-order valence-electron chi connectivity index (χ3n) is 3.30. The smallest absolute Gasteiger partial charge is 0.0294 e. The summed E-state index contributed by atoms with van der Waals surface area (Å²) in [5.74, 6) is 2.10. The highest BCUT2D eigenvalue weighted by Crippen LogP contribution is 2.37. The lowest BCUT2D eigenvalue weighted by Crippen LogP contribution is -2.13. The second-order valence-electron chi connectivity index (χ2n) is 4.39. The molecule has 0 saturated heterocycles. The molecule has 62 valence electrons. The van der Waals surface area contributed by atoms with Crippen molar-refractivity contribution in [3.8, 4) is 0 Å². The van der Waals surface area contributed by atoms with Crippen LogP contribution in [0.3, 0.4) is 0 Å². The summed E-state index contributed by atoms with van der Waals surface area (Å²) >= 11 is 0. The van der Waals surface area contributed by atoms with E-state index in [1.165, 1.54) is 38.5 Å². The molecule has 0 aromatic heterocycles. The fourth-order valence-electron chi connectivity index (χ4n) is 2.71. The van der Waals surface area contributed by atoms with Crippen LogP contribution in [0.1, 0.15) is 45.4 Å². The van der Waals surface area contributed by atoms with Gasteiger partial charge in [0.2, 0.25) is 0 Å². The van der Waals surface area contributed by atoms with E-state index in [-0.39, 0.29) is 0 Å². The Bertz CT molecular complexity index is 167. The second-order valence-corrected chi connectivity index (χ2v) is 4.39. The van der Waals surface area contributed by atoms with Crippen LogP contribution >= 0.6 is 0 Å². The first kappa shape index (κ1) is 7.39. The molecular weight excluding hydrogens is 132 g/mol. The lowest BCUT2D eigenvalue weighted by atomic mass is 9.80. The van der Waals surface area contributed by atoms with Crippen molar-refractivity contribution in [2.75, 3.05) is 0 Å². The van der Waals surface area contributed by atoms with Crippen LogP contribution in [0.4, 0.5) is 0 Å². The number of allylic oxidation sites excluding steroid dienone is 2. The molecule has 0 spiro atoms. The van der Waals surface area contributed by atoms with Crippen LogP contribution in [0, 0.1) is 11.8 Å². The van der Waals surface area contributed by atoms with E-state index in [2.05, 4.69) is 13.0 Å². The van der Waals surface area contributed by atoms with Crippen LogP contribution in [-0.2, 0) is 0 Å². The molecule has 2 atom stereocenters. The highest BCUT2D eigenvalue weighted by atomic mass is 14.3. The number of hydrogen-bond donors (Lipinski definition) is 0. The fraction of sp³-hybridized carbons (Fsp3) is 0.818. The molecule has 0 heterocycles. The van der Waals surface area contributed by atoms with Crippen LogP contribution in [0.15, 0.2) is 11.6 Å². The summed E-state index contributed by atoms with van der Waals surface area (Å²) in [6.45, 7) is 2.31. The Balaban J connectivity index is 2.08. The quantitative estimate of drug-likeness (QED) is 0.463. The minimum atomic E-state index is 1.05. The van der Waals surface area contributed by atoms with Crippen LogP contribution in [-0.4, -0.2) is 0 Å². The van der Waals surface area contributed by atoms with E-state index in [0.29, 0.717) is 0 Å². The molecule has 0 aliphatic heterocycles. The minimum Gasteiger partial charge on any atom is -0.0853 e. The van der Waals surface area contributed by atoms with Crippen molar-refractivity contribution in [2.24, 2.45) is 11.8 Å². The summed E-state index contributed by atoms with van der Waals surface area (Å²) in [5, 5.41) is 0. The first-order valence-corrected chi connectivity index (χ1v) is 5.00. The van der Waals surface area contributed by atoms with Crippen molar-refractivity contribution >= 4 is 0 Å². The van der Waals surface area contributed by atoms with Crippen LogP contribution in [0.25, 0.3) is 0 Å². The summed E-state index contributed by atoms with van der Waals surface area (Å²) in [7, 11) is 0. The van der Waals surface area contributed by atoms with Crippen LogP contribution in [0.5, 0.6) is 0 Å². The van der Waals surface area contributed by atoms with Gasteiger partial charge in [0.25, 0.3) is 0 Å². The van der Waals surface area contributed by atoms with Gasteiger partial charge >= 0.3 is 0 Å². The molecule has 0 aromatic carbocycles. The van der Waals surface area contributed by atoms with Gasteiger partial charge in [-0.15, -0.1) is 0 Å². The molecule has 2 aliphatic carbocycles. The predicted octanol–water partition coefficient (Wildman–Crippen LogP) is 3.53. The van der Waals surface area contributed by atoms with Gasteiger partial charge in [-0.3, -0.25) is 0 Å². The Hall–Kier alpha value is -0.260. The van der Waals surface area contributed by atoms with Crippen LogP contribution in [0.2, 0.25) is 0 Å². The van der Waals surface area contributed by atoms with E-state index in [4.69, 9.17) is 0 Å². The Labute approximate surface area is 69.7 Å². The summed E-state index contributed by atoms with van der Waals surface area (Å²) in [6.07, 6.45) is 11.3. The minimum absolute atomic E-state index is 1.05. The van der Waals surface area contributed by atoms with Gasteiger partial charge in [-0.05, 0) is 38.0 Å². The molecule has 2 unspecified atom stereocenters. The maximum absolute atomic E-state index is 2.48. The van der Waals surface area contributed by atoms with Gasteiger partial charge in [0.15, 0.2) is 0 Å². The highest BCUT2D eigenvalue weighted by molar-refractivity contribution is 5.03. The van der Waals surface area contributed by atoms with E-state index in [0.717, 1.165) is 11.8 Å². The summed E-state index contributed by atoms with van der Waals surface area (Å²) < 4.78 is 0. The molecule has 1 saturated carbocycles. The number of hydrogen-bond acceptors (Lipinski definition) is 0. The molecule has 0 heteroatoms. The normalized spacial score (nSPS) is 37.7. The van der Waals surface area contributed by atoms with Gasteiger partial charge in [0.1, 0.15) is 0 Å². The van der Waals surface area contributed by atoms with Gasteiger partial charge in [0, 0.05) is 0 Å². The Morgan fingerprint density at radius 2 is 2.09 bits per heavy atom. The van der Waals surface area contributed by atoms with Gasteiger partial charge < -0.3 is 0 Å². The van der Waals surface area contributed by atoms with Gasteiger partial charge in [-0.1, -0.05) is 30.9 Å². The van der Waals surface area contributed by atoms with Crippen molar-refractivity contribution in [2.45, 2.75) is 45.4 Å². The van der Waals surface area contributed by atoms with Crippen molar-refractivity contribution in [3.63, 3.8) is 0 Å². The molecule has 2 aliphatic rings. The second kappa shape index (κ2) is 3.00. The predicted molar refractivity (Wildman–Crippen MR) is 48.4 cm³/mol. The zero-order valence-corrected chi connectivity index (χ0v) is 7.47. The van der Waals surface area contributed by atoms with E-state index >= 15 is 0 Å². The third kappa shape index (κ3) is 1.66. The van der Waals surface area contributed by atoms with E-state index in [1.807, 2.05) is 0 Å². The first-order chi connectivity index (χ1) is 5.34. The van der Waals surface area contributed by atoms with Gasteiger partial charge in [-0.2, -0.15) is 0 Å². The topological polar surface area (TPSA) is 0 Å². The lowest BCUT2D eigenvalue weighted by Gasteiger charge is -2.26. The van der Waals surface area contributed by atoms with Crippen molar-refractivity contribution in [1.82, 2.24) is 0 Å². The Morgan fingerprint density at radius 1 is 1.27 bits per heavy atom. The zero-order chi connectivity index (χ0) is 7.68. The summed E-state index contributed by atoms with van der Waals surface area (Å²) in [6, 6.07) is 0. The van der Waals surface area contributed by atoms with Crippen molar-refractivity contribution in [1.29, 1.82) is 0 Å². The molecule has 2 bridgehead atoms. The SMILES string of the molecule is CC1=CCC2CCCC(C1)C2. The van der Waals surface area contributed by atoms with Crippen LogP contribution < -0.4 is 0 Å². The third-order valence-corrected chi connectivity index (χ3v) is 3.30. The standard InChI is InChI=1S/C11H18/c1-9-5-6-10-3-2-4-11(7-9)8-10/h5,10-11H,2-4,6-8H2,1H3. The fourth-order valence-corrected chi connectivity index (χ4v) is 2.71. The average molecular weight is 150 g/mol. The highest BCUT2D eigenvalue weighted by Gasteiger charge is 2.23. The lowest BCUT2D eigenvalue weighted by molar-refractivity contribution is 0.275. The zero-order valence-electron chi connectivity index (χ0n) is 7.47. The number of rotatable bonds is 0. The molecule has 0 amide bonds. The molecule has 11 heavy (non-hydrogen) atoms. The molecular formula is C11H18. The largest absolute Gasteiger partial charge is 0.0853 e. The summed E-state index contributed by atoms with van der Waals surface area (Å²) in [4.78, 5) is 0. The molecule has 0 N–H and O–H groups in total. The van der Waals surface area contributed by atoms with Gasteiger partial charge in [-0.25, -0.2) is 0 Å². The summed E-state index contributed by atoms with van der Waals surface area (Å²) in [5.41, 5.74) is 1.65. The average Bonchev–Trinajstić information content (AvgIpc) is 2.12. The molecule has 2 rings (SSSR count). The number of fused-ring (bicyclic) bond motifs is 2. The molecule has 1 fully saturated rings. The van der Waals surface area contributed by atoms with E-state index in [9.17, 15) is 0 Å². The van der Waals surface area contributed by atoms with Gasteiger partial charge in [0.05, 0.1) is 0 Å². The Morgan fingerprint density at radius 3 is 3.00 bits per heavy atom. The van der Waals surface area contributed by atoms with E-state index < -0.39 is 0 Å². The maximum atomic E-state index is 2.48. The maximum Gasteiger partial charge on any atom is -0.0294 e. The monoisotopic (exact) mass is 150 g/mol. The van der Waals surface area contributed by atoms with Crippen molar-refractivity contribution in [3.05, 3.63) is 11.6 Å². The van der Waals surface area contributed by atoms with E-state index in [1.54, 1.807) is 5.57 Å². The van der Waals surface area contributed by atoms with Crippen molar-refractivity contribution < 1.29 is 0 Å². The molecule has 0 nitrogen and oxygen atoms in total. The molecule has 0 radical (unpaired) electrons. The molecule has 0 aromatic rings. The Kier molecular flexibility index (Phi) is 2.02.